The van der Waals surface area contributed by atoms with Crippen LogP contribution in [0.2, 0.25) is 0 Å². The third-order valence-electron chi connectivity index (χ3n) is 3.06. The van der Waals surface area contributed by atoms with Crippen LogP contribution in [-0.2, 0) is 6.54 Å². The summed E-state index contributed by atoms with van der Waals surface area (Å²) in [5, 5.41) is 9.15. The number of rotatable bonds is 7. The van der Waals surface area contributed by atoms with Crippen molar-refractivity contribution in [3.8, 4) is 0 Å². The van der Waals surface area contributed by atoms with Crippen molar-refractivity contribution in [1.82, 2.24) is 4.98 Å². The van der Waals surface area contributed by atoms with Crippen molar-refractivity contribution in [3.63, 3.8) is 0 Å². The van der Waals surface area contributed by atoms with Gasteiger partial charge in [0.25, 0.3) is 0 Å². The fourth-order valence-electron chi connectivity index (χ4n) is 2.03. The maximum atomic E-state index is 9.15. The number of hydrogen-bond acceptors (Lipinski definition) is 4. The first-order valence-corrected chi connectivity index (χ1v) is 6.29. The summed E-state index contributed by atoms with van der Waals surface area (Å²) in [5.41, 5.74) is 6.58. The molecule has 17 heavy (non-hydrogen) atoms. The van der Waals surface area contributed by atoms with Gasteiger partial charge in [0, 0.05) is 25.3 Å². The van der Waals surface area contributed by atoms with Gasteiger partial charge in [-0.3, -0.25) is 0 Å². The van der Waals surface area contributed by atoms with E-state index in [0.29, 0.717) is 19.1 Å². The Morgan fingerprint density at radius 3 is 2.47 bits per heavy atom. The number of nitrogens with two attached hydrogens (primary N) is 1. The standard InChI is InChI=1S/C13H23N3O/c1-3-12(4-2)16(7-8-17)13-6-5-11(9-14)10-15-13/h5-6,10,12,17H,3-4,7-9,14H2,1-2H3. The second-order valence-corrected chi connectivity index (χ2v) is 4.12. The monoisotopic (exact) mass is 237 g/mol. The Kier molecular flexibility index (Phi) is 5.94. The van der Waals surface area contributed by atoms with Crippen LogP contribution in [0.15, 0.2) is 18.3 Å². The van der Waals surface area contributed by atoms with Gasteiger partial charge in [-0.25, -0.2) is 4.98 Å². The molecule has 0 unspecified atom stereocenters. The lowest BCUT2D eigenvalue weighted by molar-refractivity contribution is 0.295. The zero-order valence-electron chi connectivity index (χ0n) is 10.8. The van der Waals surface area contributed by atoms with E-state index in [1.165, 1.54) is 0 Å². The van der Waals surface area contributed by atoms with Crippen LogP contribution in [0.4, 0.5) is 5.82 Å². The third-order valence-corrected chi connectivity index (χ3v) is 3.06. The molecule has 4 heteroatoms. The summed E-state index contributed by atoms with van der Waals surface area (Å²) in [7, 11) is 0. The molecule has 0 saturated heterocycles. The van der Waals surface area contributed by atoms with Crippen molar-refractivity contribution >= 4 is 5.82 Å². The molecule has 4 nitrogen and oxygen atoms in total. The highest BCUT2D eigenvalue weighted by Gasteiger charge is 2.15. The Labute approximate surface area is 103 Å². The summed E-state index contributed by atoms with van der Waals surface area (Å²) in [6.07, 6.45) is 3.91. The van der Waals surface area contributed by atoms with Gasteiger partial charge in [0.15, 0.2) is 0 Å². The normalized spacial score (nSPS) is 10.9. The zero-order chi connectivity index (χ0) is 12.7. The van der Waals surface area contributed by atoms with Crippen LogP contribution in [0.25, 0.3) is 0 Å². The van der Waals surface area contributed by atoms with E-state index in [4.69, 9.17) is 10.8 Å². The van der Waals surface area contributed by atoms with Crippen molar-refractivity contribution in [3.05, 3.63) is 23.9 Å². The van der Waals surface area contributed by atoms with Gasteiger partial charge in [0.2, 0.25) is 0 Å². The Balaban J connectivity index is 2.87. The Hall–Kier alpha value is -1.13. The molecule has 0 bridgehead atoms. The maximum absolute atomic E-state index is 9.15. The van der Waals surface area contributed by atoms with Crippen molar-refractivity contribution in [2.24, 2.45) is 5.73 Å². The van der Waals surface area contributed by atoms with E-state index in [9.17, 15) is 0 Å². The second-order valence-electron chi connectivity index (χ2n) is 4.12. The first-order valence-electron chi connectivity index (χ1n) is 6.29. The van der Waals surface area contributed by atoms with Crippen molar-refractivity contribution in [1.29, 1.82) is 0 Å². The smallest absolute Gasteiger partial charge is 0.128 e. The second kappa shape index (κ2) is 7.25. The van der Waals surface area contributed by atoms with E-state index >= 15 is 0 Å². The highest BCUT2D eigenvalue weighted by Crippen LogP contribution is 2.18. The Morgan fingerprint density at radius 2 is 2.06 bits per heavy atom. The largest absolute Gasteiger partial charge is 0.395 e. The molecule has 1 rings (SSSR count). The first kappa shape index (κ1) is 13.9. The predicted molar refractivity (Wildman–Crippen MR) is 70.9 cm³/mol. The molecule has 0 fully saturated rings. The highest BCUT2D eigenvalue weighted by atomic mass is 16.3. The molecule has 96 valence electrons. The lowest BCUT2D eigenvalue weighted by Gasteiger charge is -2.31. The molecule has 0 aliphatic heterocycles. The Bertz CT molecular complexity index is 309. The van der Waals surface area contributed by atoms with Gasteiger partial charge in [0.05, 0.1) is 6.61 Å². The number of pyridine rings is 1. The molecule has 0 aliphatic carbocycles. The minimum Gasteiger partial charge on any atom is -0.395 e. The van der Waals surface area contributed by atoms with E-state index in [1.54, 1.807) is 0 Å². The van der Waals surface area contributed by atoms with E-state index in [1.807, 2.05) is 18.3 Å². The SMILES string of the molecule is CCC(CC)N(CCO)c1ccc(CN)cn1. The fourth-order valence-corrected chi connectivity index (χ4v) is 2.03. The Morgan fingerprint density at radius 1 is 1.35 bits per heavy atom. The third kappa shape index (κ3) is 3.68. The number of hydrogen-bond donors (Lipinski definition) is 2. The quantitative estimate of drug-likeness (QED) is 0.755. The number of nitrogens with zero attached hydrogens (tertiary/aromatic N) is 2. The molecular formula is C13H23N3O. The molecule has 0 aromatic carbocycles. The minimum atomic E-state index is 0.150. The van der Waals surface area contributed by atoms with Gasteiger partial charge < -0.3 is 15.7 Å². The van der Waals surface area contributed by atoms with Crippen LogP contribution in [-0.4, -0.2) is 29.3 Å². The summed E-state index contributed by atoms with van der Waals surface area (Å²) in [5.74, 6) is 0.921. The van der Waals surface area contributed by atoms with Gasteiger partial charge in [-0.1, -0.05) is 19.9 Å². The molecular weight excluding hydrogens is 214 g/mol. The molecule has 1 aromatic heterocycles. The summed E-state index contributed by atoms with van der Waals surface area (Å²) in [6.45, 7) is 5.61. The summed E-state index contributed by atoms with van der Waals surface area (Å²) < 4.78 is 0. The van der Waals surface area contributed by atoms with Crippen molar-refractivity contribution < 1.29 is 5.11 Å². The van der Waals surface area contributed by atoms with Crippen LogP contribution < -0.4 is 10.6 Å². The summed E-state index contributed by atoms with van der Waals surface area (Å²) in [4.78, 5) is 6.59. The summed E-state index contributed by atoms with van der Waals surface area (Å²) in [6, 6.07) is 4.41. The van der Waals surface area contributed by atoms with Crippen LogP contribution >= 0.6 is 0 Å². The van der Waals surface area contributed by atoms with E-state index < -0.39 is 0 Å². The van der Waals surface area contributed by atoms with E-state index in [0.717, 1.165) is 24.2 Å². The molecule has 0 radical (unpaired) electrons. The molecule has 1 aromatic rings. The number of aliphatic hydroxyl groups excluding tert-OH is 1. The van der Waals surface area contributed by atoms with Gasteiger partial charge in [-0.2, -0.15) is 0 Å². The lowest BCUT2D eigenvalue weighted by atomic mass is 10.1. The van der Waals surface area contributed by atoms with Crippen molar-refractivity contribution in [2.45, 2.75) is 39.3 Å². The lowest BCUT2D eigenvalue weighted by Crippen LogP contribution is -2.37. The van der Waals surface area contributed by atoms with E-state index in [-0.39, 0.29) is 6.61 Å². The molecule has 3 N–H and O–H groups in total. The van der Waals surface area contributed by atoms with Crippen LogP contribution in [0, 0.1) is 0 Å². The van der Waals surface area contributed by atoms with Gasteiger partial charge in [0.1, 0.15) is 5.82 Å². The number of aliphatic hydroxyl groups is 1. The number of aromatic nitrogens is 1. The summed E-state index contributed by atoms with van der Waals surface area (Å²) >= 11 is 0. The van der Waals surface area contributed by atoms with Crippen molar-refractivity contribution in [2.75, 3.05) is 18.1 Å². The van der Waals surface area contributed by atoms with Crippen LogP contribution in [0.3, 0.4) is 0 Å². The van der Waals surface area contributed by atoms with Crippen LogP contribution in [0.5, 0.6) is 0 Å². The molecule has 0 spiro atoms. The maximum Gasteiger partial charge on any atom is 0.128 e. The average molecular weight is 237 g/mol. The zero-order valence-corrected chi connectivity index (χ0v) is 10.8. The topological polar surface area (TPSA) is 62.4 Å². The predicted octanol–water partition coefficient (Wildman–Crippen LogP) is 1.53. The molecule has 0 aliphatic rings. The fraction of sp³-hybridized carbons (Fsp3) is 0.615. The molecule has 0 atom stereocenters. The highest BCUT2D eigenvalue weighted by molar-refractivity contribution is 5.40. The van der Waals surface area contributed by atoms with Gasteiger partial charge in [-0.15, -0.1) is 0 Å². The van der Waals surface area contributed by atoms with Gasteiger partial charge >= 0.3 is 0 Å². The molecule has 0 saturated carbocycles. The van der Waals surface area contributed by atoms with E-state index in [2.05, 4.69) is 23.7 Å². The molecule has 0 amide bonds. The van der Waals surface area contributed by atoms with Crippen LogP contribution in [0.1, 0.15) is 32.3 Å². The van der Waals surface area contributed by atoms with Gasteiger partial charge in [-0.05, 0) is 24.5 Å². The first-order chi connectivity index (χ1) is 8.26. The minimum absolute atomic E-state index is 0.150. The number of anilines is 1. The molecule has 1 heterocycles. The average Bonchev–Trinajstić information content (AvgIpc) is 2.39.